The maximum Gasteiger partial charge on any atom is 0.457 e. The fourth-order valence-electron chi connectivity index (χ4n) is 2.85. The molecule has 2 N–H and O–H groups in total. The van der Waals surface area contributed by atoms with E-state index in [4.69, 9.17) is 16.3 Å². The van der Waals surface area contributed by atoms with Gasteiger partial charge < -0.3 is 15.2 Å². The summed E-state index contributed by atoms with van der Waals surface area (Å²) < 4.78 is 145. The summed E-state index contributed by atoms with van der Waals surface area (Å²) >= 11 is 0. The lowest BCUT2D eigenvalue weighted by molar-refractivity contribution is -0.306. The van der Waals surface area contributed by atoms with E-state index >= 15 is 0 Å². The Balaban J connectivity index is 0.000000356. The molecule has 0 bridgehead atoms. The number of alkyl halides is 10. The molecule has 0 fully saturated rings. The molecule has 0 heterocycles. The van der Waals surface area contributed by atoms with Crippen molar-refractivity contribution in [2.75, 3.05) is 0 Å². The Morgan fingerprint density at radius 3 is 1.20 bits per heavy atom. The maximum atomic E-state index is 12.9. The topological polar surface area (TPSA) is 92.1 Å². The van der Waals surface area contributed by atoms with Crippen LogP contribution in [0.2, 0.25) is 0 Å². The lowest BCUT2D eigenvalue weighted by atomic mass is 10.2. The fourth-order valence-corrected chi connectivity index (χ4v) is 2.85. The maximum absolute atomic E-state index is 12.9. The van der Waals surface area contributed by atoms with Gasteiger partial charge in [-0.05, 0) is 80.1 Å². The molecule has 3 aromatic carbocycles. The van der Waals surface area contributed by atoms with Gasteiger partial charge in [0.15, 0.2) is 12.2 Å². The highest BCUT2D eigenvalue weighted by Crippen LogP contribution is 2.40. The second-order valence-electron chi connectivity index (χ2n) is 8.86. The van der Waals surface area contributed by atoms with Crippen molar-refractivity contribution in [2.45, 2.75) is 56.8 Å². The molecule has 3 aromatic rings. The number of rotatable bonds is 7. The zero-order chi connectivity index (χ0) is 34.6. The van der Waals surface area contributed by atoms with Crippen molar-refractivity contribution < 1.29 is 57.8 Å². The van der Waals surface area contributed by atoms with Crippen LogP contribution in [0.4, 0.5) is 48.3 Å². The molecular formula is C29H24F11N3O2. The zero-order valence-corrected chi connectivity index (χ0v) is 23.2. The highest BCUT2D eigenvalue weighted by Gasteiger charge is 2.63. The highest BCUT2D eigenvalue weighted by atomic mass is 19.4. The van der Waals surface area contributed by atoms with Crippen molar-refractivity contribution in [1.29, 1.82) is 10.5 Å². The number of ether oxygens (including phenoxy) is 2. The van der Waals surface area contributed by atoms with Gasteiger partial charge in [0.1, 0.15) is 17.3 Å². The van der Waals surface area contributed by atoms with E-state index in [9.17, 15) is 48.3 Å². The second kappa shape index (κ2) is 15.9. The van der Waals surface area contributed by atoms with Crippen LogP contribution in [0.5, 0.6) is 11.5 Å². The number of benzene rings is 3. The summed E-state index contributed by atoms with van der Waals surface area (Å²) in [6, 6.07) is 19.5. The fraction of sp³-hybridized carbons (Fsp3) is 0.310. The Morgan fingerprint density at radius 1 is 0.600 bits per heavy atom. The summed E-state index contributed by atoms with van der Waals surface area (Å²) in [5, 5.41) is 16.7. The molecule has 0 aliphatic heterocycles. The van der Waals surface area contributed by atoms with E-state index in [2.05, 4.69) is 9.47 Å². The molecule has 2 unspecified atom stereocenters. The molecule has 0 aliphatic carbocycles. The standard InChI is InChI=1S/C11H12F5NO.C11H8F5NO.C7H4FN/c2*1-7(10(12,13)11(14,15)16)18-9-4-2-8(6-17)3-5-9;8-7-3-1-6(5-9)2-4-7/h2-5,7H,6,17H2,1H3;2-5,7H,1H3;1-4H. The van der Waals surface area contributed by atoms with Crippen LogP contribution in [0, 0.1) is 28.5 Å². The number of nitrogens with two attached hydrogens (primary N) is 1. The third-order valence-corrected chi connectivity index (χ3v) is 5.52. The molecule has 0 spiro atoms. The average Bonchev–Trinajstić information content (AvgIpc) is 2.97. The van der Waals surface area contributed by atoms with Crippen LogP contribution in [-0.4, -0.2) is 36.4 Å². The van der Waals surface area contributed by atoms with Crippen molar-refractivity contribution in [3.8, 4) is 23.6 Å². The van der Waals surface area contributed by atoms with Crippen LogP contribution in [0.25, 0.3) is 0 Å². The van der Waals surface area contributed by atoms with E-state index in [0.717, 1.165) is 17.7 Å². The number of nitriles is 2. The van der Waals surface area contributed by atoms with Gasteiger partial charge in [0.2, 0.25) is 0 Å². The molecule has 244 valence electrons. The molecular weight excluding hydrogens is 631 g/mol. The monoisotopic (exact) mass is 655 g/mol. The van der Waals surface area contributed by atoms with E-state index in [0.29, 0.717) is 19.4 Å². The van der Waals surface area contributed by atoms with Gasteiger partial charge in [-0.1, -0.05) is 12.1 Å². The predicted octanol–water partition coefficient (Wildman–Crippen LogP) is 8.33. The van der Waals surface area contributed by atoms with Gasteiger partial charge in [0.25, 0.3) is 0 Å². The Morgan fingerprint density at radius 2 is 0.911 bits per heavy atom. The van der Waals surface area contributed by atoms with Gasteiger partial charge in [0.05, 0.1) is 23.3 Å². The van der Waals surface area contributed by atoms with Crippen LogP contribution in [0.3, 0.4) is 0 Å². The van der Waals surface area contributed by atoms with Crippen LogP contribution >= 0.6 is 0 Å². The third kappa shape index (κ3) is 11.5. The first-order valence-electron chi connectivity index (χ1n) is 12.4. The molecule has 0 radical (unpaired) electrons. The molecule has 2 atom stereocenters. The average molecular weight is 656 g/mol. The smallest absolute Gasteiger partial charge is 0.457 e. The van der Waals surface area contributed by atoms with E-state index in [-0.39, 0.29) is 29.4 Å². The van der Waals surface area contributed by atoms with Crippen LogP contribution in [0.1, 0.15) is 30.5 Å². The molecule has 5 nitrogen and oxygen atoms in total. The summed E-state index contributed by atoms with van der Waals surface area (Å²) in [4.78, 5) is 0. The van der Waals surface area contributed by atoms with Crippen molar-refractivity contribution in [3.63, 3.8) is 0 Å². The van der Waals surface area contributed by atoms with Gasteiger partial charge in [-0.25, -0.2) is 4.39 Å². The Kier molecular flexibility index (Phi) is 13.6. The van der Waals surface area contributed by atoms with Gasteiger partial charge >= 0.3 is 24.2 Å². The Labute approximate surface area is 250 Å². The Bertz CT molecular complexity index is 1410. The van der Waals surface area contributed by atoms with Gasteiger partial charge in [-0.2, -0.15) is 54.4 Å². The molecule has 0 amide bonds. The molecule has 0 saturated heterocycles. The molecule has 16 heteroatoms. The highest BCUT2D eigenvalue weighted by molar-refractivity contribution is 5.34. The normalized spacial score (nSPS) is 13.0. The molecule has 0 aliphatic rings. The number of hydrogen-bond donors (Lipinski definition) is 1. The number of halogens is 11. The number of nitrogens with zero attached hydrogens (tertiary/aromatic N) is 2. The molecule has 3 rings (SSSR count). The Hall–Kier alpha value is -4.57. The summed E-state index contributed by atoms with van der Waals surface area (Å²) in [5.74, 6) is -10.4. The minimum atomic E-state index is -5.67. The first kappa shape index (κ1) is 38.5. The molecule has 0 aromatic heterocycles. The van der Waals surface area contributed by atoms with Gasteiger partial charge in [0, 0.05) is 6.54 Å². The first-order chi connectivity index (χ1) is 20.7. The second-order valence-corrected chi connectivity index (χ2v) is 8.86. The summed E-state index contributed by atoms with van der Waals surface area (Å²) in [7, 11) is 0. The first-order valence-corrected chi connectivity index (χ1v) is 12.4. The van der Waals surface area contributed by atoms with Crippen molar-refractivity contribution in [3.05, 3.63) is 95.3 Å². The van der Waals surface area contributed by atoms with Gasteiger partial charge in [-0.15, -0.1) is 0 Å². The van der Waals surface area contributed by atoms with E-state index in [1.54, 1.807) is 6.07 Å². The molecule has 45 heavy (non-hydrogen) atoms. The van der Waals surface area contributed by atoms with E-state index < -0.39 is 36.4 Å². The summed E-state index contributed by atoms with van der Waals surface area (Å²) in [5.41, 5.74) is 6.77. The number of hydrogen-bond acceptors (Lipinski definition) is 5. The van der Waals surface area contributed by atoms with Gasteiger partial charge in [-0.3, -0.25) is 0 Å². The zero-order valence-electron chi connectivity index (χ0n) is 23.2. The largest absolute Gasteiger partial charge is 0.484 e. The van der Waals surface area contributed by atoms with E-state index in [1.807, 2.05) is 6.07 Å². The lowest BCUT2D eigenvalue weighted by Crippen LogP contribution is -2.48. The lowest BCUT2D eigenvalue weighted by Gasteiger charge is -2.26. The van der Waals surface area contributed by atoms with Crippen molar-refractivity contribution in [2.24, 2.45) is 5.73 Å². The van der Waals surface area contributed by atoms with Crippen molar-refractivity contribution in [1.82, 2.24) is 0 Å². The minimum Gasteiger partial charge on any atom is -0.484 e. The SMILES string of the molecule is CC(Oc1ccc(C#N)cc1)C(F)(F)C(F)(F)F.CC(Oc1ccc(CN)cc1)C(F)(F)C(F)(F)F.N#Cc1ccc(F)cc1. The third-order valence-electron chi connectivity index (χ3n) is 5.52. The molecule has 0 saturated carbocycles. The van der Waals surface area contributed by atoms with Crippen LogP contribution in [0.15, 0.2) is 72.8 Å². The van der Waals surface area contributed by atoms with Crippen LogP contribution in [-0.2, 0) is 6.54 Å². The van der Waals surface area contributed by atoms with Crippen LogP contribution < -0.4 is 15.2 Å². The minimum absolute atomic E-state index is 0.0661. The quantitative estimate of drug-likeness (QED) is 0.259. The predicted molar refractivity (Wildman–Crippen MR) is 139 cm³/mol. The van der Waals surface area contributed by atoms with E-state index in [1.165, 1.54) is 60.7 Å². The van der Waals surface area contributed by atoms with Crippen molar-refractivity contribution >= 4 is 0 Å². The summed E-state index contributed by atoms with van der Waals surface area (Å²) in [6.07, 6.45) is -16.0. The summed E-state index contributed by atoms with van der Waals surface area (Å²) in [6.45, 7) is 1.55.